The van der Waals surface area contributed by atoms with Crippen LogP contribution in [0.25, 0.3) is 0 Å². The van der Waals surface area contributed by atoms with Crippen LogP contribution in [-0.2, 0) is 19.5 Å². The van der Waals surface area contributed by atoms with E-state index in [2.05, 4.69) is 4.18 Å². The molecule has 0 saturated carbocycles. The van der Waals surface area contributed by atoms with E-state index >= 15 is 0 Å². The lowest BCUT2D eigenvalue weighted by Crippen LogP contribution is -2.30. The first-order valence-electron chi connectivity index (χ1n) is 1.88. The summed E-state index contributed by atoms with van der Waals surface area (Å²) in [6.07, 6.45) is -5.28. The Morgan fingerprint density at radius 2 is 1.73 bits per heavy atom. The predicted octanol–water partition coefficient (Wildman–Crippen LogP) is 0.306. The summed E-state index contributed by atoms with van der Waals surface area (Å²) >= 11 is 0. The van der Waals surface area contributed by atoms with E-state index in [-0.39, 0.29) is 0 Å². The molecular weight excluding hydrogens is 196 g/mol. The van der Waals surface area contributed by atoms with Crippen molar-refractivity contribution >= 4 is 16.5 Å². The molecule has 0 unspecified atom stereocenters. The Labute approximate surface area is 58.2 Å². The molecule has 11 heavy (non-hydrogen) atoms. The van der Waals surface area contributed by atoms with Crippen molar-refractivity contribution in [2.45, 2.75) is 6.11 Å². The average molecular weight is 196 g/mol. The smallest absolute Gasteiger partial charge is 0.251 e. The molecule has 0 rings (SSSR count). The van der Waals surface area contributed by atoms with Gasteiger partial charge in [-0.1, -0.05) is 3.89 Å². The minimum atomic E-state index is -6.04. The summed E-state index contributed by atoms with van der Waals surface area (Å²) in [7, 11) is -6.04. The molecule has 0 aromatic rings. The lowest BCUT2D eigenvalue weighted by Gasteiger charge is -2.05. The summed E-state index contributed by atoms with van der Waals surface area (Å²) in [5.74, 6) is 0. The minimum absolute atomic E-state index is 2.13. The van der Waals surface area contributed by atoms with Crippen molar-refractivity contribution in [1.82, 2.24) is 0 Å². The van der Waals surface area contributed by atoms with Crippen LogP contribution in [-0.4, -0.2) is 20.6 Å². The van der Waals surface area contributed by atoms with Crippen molar-refractivity contribution in [2.75, 3.05) is 0 Å². The van der Waals surface area contributed by atoms with Crippen molar-refractivity contribution in [3.8, 4) is 0 Å². The fraction of sp³-hybridized carbons (Fsp3) is 0.500. The Bertz CT molecular complexity index is 255. The van der Waals surface area contributed by atoms with Gasteiger partial charge >= 0.3 is 22.6 Å². The maximum atomic E-state index is 11.5. The third-order valence-electron chi connectivity index (χ3n) is 0.433. The summed E-state index contributed by atoms with van der Waals surface area (Å²) in [4.78, 5) is 9.17. The molecule has 0 radical (unpaired) electrons. The van der Waals surface area contributed by atoms with Gasteiger partial charge < -0.3 is 0 Å². The number of carbonyl (C=O) groups is 1. The molecule has 0 heterocycles. The normalized spacial score (nSPS) is 13.1. The Morgan fingerprint density at radius 1 is 1.36 bits per heavy atom. The molecule has 0 aromatic carbocycles. The van der Waals surface area contributed by atoms with Crippen molar-refractivity contribution in [3.05, 3.63) is 0 Å². The first-order valence-corrected chi connectivity index (χ1v) is 3.19. The number of rotatable bonds is 3. The van der Waals surface area contributed by atoms with Crippen LogP contribution in [0.4, 0.5) is 17.1 Å². The molecule has 0 fully saturated rings. The Kier molecular flexibility index (Phi) is 2.56. The molecule has 0 aliphatic rings. The van der Waals surface area contributed by atoms with Crippen LogP contribution in [0.5, 0.6) is 0 Å². The van der Waals surface area contributed by atoms with Gasteiger partial charge in [0, 0.05) is 0 Å². The fourth-order valence-corrected chi connectivity index (χ4v) is 0.473. The van der Waals surface area contributed by atoms with Crippen LogP contribution in [0.15, 0.2) is 0 Å². The van der Waals surface area contributed by atoms with Gasteiger partial charge in [-0.3, -0.25) is 4.79 Å². The zero-order chi connectivity index (χ0) is 9.28. The Balaban J connectivity index is 4.51. The van der Waals surface area contributed by atoms with Crippen molar-refractivity contribution in [3.63, 3.8) is 0 Å². The second kappa shape index (κ2) is 2.74. The quantitative estimate of drug-likeness (QED) is 0.481. The van der Waals surface area contributed by atoms with Crippen molar-refractivity contribution in [1.29, 1.82) is 0 Å². The zero-order valence-electron chi connectivity index (χ0n) is 4.55. The molecule has 0 bridgehead atoms. The van der Waals surface area contributed by atoms with Gasteiger partial charge in [0.15, 0.2) is 0 Å². The van der Waals surface area contributed by atoms with E-state index < -0.39 is 22.6 Å². The molecule has 0 aliphatic carbocycles. The molecule has 0 spiro atoms. The number of halogens is 4. The highest BCUT2D eigenvalue weighted by molar-refractivity contribution is 7.81. The molecule has 0 atom stereocenters. The van der Waals surface area contributed by atoms with Crippen LogP contribution in [0.1, 0.15) is 0 Å². The summed E-state index contributed by atoms with van der Waals surface area (Å²) in [6.45, 7) is 0. The summed E-state index contributed by atoms with van der Waals surface area (Å²) < 4.78 is 65.9. The molecule has 4 nitrogen and oxygen atoms in total. The third kappa shape index (κ3) is 3.88. The zero-order valence-corrected chi connectivity index (χ0v) is 5.37. The topological polar surface area (TPSA) is 60.4 Å². The van der Waals surface area contributed by atoms with E-state index in [1.165, 1.54) is 0 Å². The molecule has 0 amide bonds. The van der Waals surface area contributed by atoms with Crippen molar-refractivity contribution < 1.29 is 34.5 Å². The second-order valence-electron chi connectivity index (χ2n) is 1.27. The number of carbonyl (C=O) groups excluding carboxylic acids is 1. The summed E-state index contributed by atoms with van der Waals surface area (Å²) in [5, 5.41) is 0. The first-order chi connectivity index (χ1) is 4.65. The SMILES string of the molecule is O=C(F)C(F)(F)OS(=O)(=O)F. The lowest BCUT2D eigenvalue weighted by atomic mass is 10.7. The van der Waals surface area contributed by atoms with E-state index in [1.807, 2.05) is 0 Å². The maximum Gasteiger partial charge on any atom is 0.464 e. The Hall–Kier alpha value is -0.700. The Morgan fingerprint density at radius 3 is 1.82 bits per heavy atom. The number of alkyl halides is 2. The average Bonchev–Trinajstić information content (AvgIpc) is 1.56. The monoisotopic (exact) mass is 196 g/mol. The molecule has 9 heteroatoms. The van der Waals surface area contributed by atoms with Crippen LogP contribution < -0.4 is 0 Å². The number of hydrogen-bond donors (Lipinski definition) is 0. The molecular formula is C2F4O4S. The highest BCUT2D eigenvalue weighted by Crippen LogP contribution is 2.20. The molecule has 0 aliphatic heterocycles. The van der Waals surface area contributed by atoms with E-state index in [4.69, 9.17) is 0 Å². The maximum absolute atomic E-state index is 11.5. The van der Waals surface area contributed by atoms with Crippen LogP contribution in [0, 0.1) is 0 Å². The standard InChI is InChI=1S/C2F4O4S/c3-1(7)2(4,5)10-11(6,8)9. The largest absolute Gasteiger partial charge is 0.464 e. The van der Waals surface area contributed by atoms with Crippen LogP contribution >= 0.6 is 0 Å². The summed E-state index contributed by atoms with van der Waals surface area (Å²) in [6, 6.07) is -3.39. The van der Waals surface area contributed by atoms with Gasteiger partial charge in [0.1, 0.15) is 0 Å². The van der Waals surface area contributed by atoms with Gasteiger partial charge in [0.25, 0.3) is 0 Å². The molecule has 0 saturated heterocycles. The van der Waals surface area contributed by atoms with E-state index in [0.717, 1.165) is 0 Å². The van der Waals surface area contributed by atoms with E-state index in [9.17, 15) is 30.3 Å². The van der Waals surface area contributed by atoms with Gasteiger partial charge in [-0.25, -0.2) is 0 Å². The van der Waals surface area contributed by atoms with E-state index in [0.29, 0.717) is 0 Å². The van der Waals surface area contributed by atoms with E-state index in [1.54, 1.807) is 0 Å². The van der Waals surface area contributed by atoms with Gasteiger partial charge in [0.2, 0.25) is 0 Å². The van der Waals surface area contributed by atoms with Gasteiger partial charge in [-0.2, -0.15) is 25.8 Å². The molecule has 66 valence electrons. The van der Waals surface area contributed by atoms with Crippen LogP contribution in [0.2, 0.25) is 0 Å². The highest BCUT2D eigenvalue weighted by Gasteiger charge is 2.46. The summed E-state index contributed by atoms with van der Waals surface area (Å²) in [5.41, 5.74) is 0. The lowest BCUT2D eigenvalue weighted by molar-refractivity contribution is -0.202. The molecule has 0 aromatic heterocycles. The third-order valence-corrected chi connectivity index (χ3v) is 0.841. The van der Waals surface area contributed by atoms with Gasteiger partial charge in [-0.05, 0) is 0 Å². The fourth-order valence-electron chi connectivity index (χ4n) is 0.158. The van der Waals surface area contributed by atoms with Crippen molar-refractivity contribution in [2.24, 2.45) is 0 Å². The highest BCUT2D eigenvalue weighted by atomic mass is 32.3. The first kappa shape index (κ1) is 10.3. The van der Waals surface area contributed by atoms with Gasteiger partial charge in [-0.15, -0.1) is 0 Å². The molecule has 0 N–H and O–H groups in total. The minimum Gasteiger partial charge on any atom is -0.251 e. The van der Waals surface area contributed by atoms with Crippen LogP contribution in [0.3, 0.4) is 0 Å². The predicted molar refractivity (Wildman–Crippen MR) is 22.2 cm³/mol. The second-order valence-corrected chi connectivity index (χ2v) is 2.22. The van der Waals surface area contributed by atoms with Gasteiger partial charge in [0.05, 0.1) is 0 Å². The number of hydrogen-bond acceptors (Lipinski definition) is 4.